The van der Waals surface area contributed by atoms with Gasteiger partial charge in [-0.2, -0.15) is 0 Å². The Bertz CT molecular complexity index is 381. The van der Waals surface area contributed by atoms with Crippen molar-refractivity contribution in [2.24, 2.45) is 0 Å². The van der Waals surface area contributed by atoms with Crippen molar-refractivity contribution in [2.45, 2.75) is 65.2 Å². The van der Waals surface area contributed by atoms with Crippen LogP contribution >= 0.6 is 0 Å². The molecular weight excluding hydrogens is 317 g/mol. The molecule has 1 heteroatoms. The van der Waals surface area contributed by atoms with Crippen molar-refractivity contribution >= 4 is 0 Å². The van der Waals surface area contributed by atoms with Crippen LogP contribution in [0.1, 0.15) is 65.2 Å². The molecule has 0 saturated carbocycles. The second kappa shape index (κ2) is 8.00. The molecule has 0 radical (unpaired) electrons. The summed E-state index contributed by atoms with van der Waals surface area (Å²) in [5.41, 5.74) is 3.35. The minimum absolute atomic E-state index is 0.336. The Labute approximate surface area is 126 Å². The van der Waals surface area contributed by atoms with Crippen LogP contribution in [0.15, 0.2) is 43.8 Å². The van der Waals surface area contributed by atoms with Gasteiger partial charge < -0.3 is 0 Å². The summed E-state index contributed by atoms with van der Waals surface area (Å²) in [7, 11) is 0. The SMILES string of the molecule is CCCCC1=[C]([Ru][C]2=C(CCCC)C=CC2)CC=C1. The molecule has 0 heterocycles. The van der Waals surface area contributed by atoms with Gasteiger partial charge in [0.1, 0.15) is 0 Å². The topological polar surface area (TPSA) is 0 Å². The van der Waals surface area contributed by atoms with E-state index in [9.17, 15) is 0 Å². The summed E-state index contributed by atoms with van der Waals surface area (Å²) in [5.74, 6) is 0. The quantitative estimate of drug-likeness (QED) is 0.483. The third-order valence-electron chi connectivity index (χ3n) is 3.72. The van der Waals surface area contributed by atoms with E-state index in [1.807, 2.05) is 0 Å². The second-order valence-corrected chi connectivity index (χ2v) is 7.87. The molecule has 106 valence electrons. The summed E-state index contributed by atoms with van der Waals surface area (Å²) < 4.78 is 3.57. The molecule has 0 aromatic heterocycles. The molecule has 0 aromatic rings. The van der Waals surface area contributed by atoms with E-state index in [1.165, 1.54) is 51.4 Å². The van der Waals surface area contributed by atoms with Gasteiger partial charge in [0.05, 0.1) is 0 Å². The predicted molar refractivity (Wildman–Crippen MR) is 80.6 cm³/mol. The summed E-state index contributed by atoms with van der Waals surface area (Å²) >= 11 is 0.336. The van der Waals surface area contributed by atoms with Gasteiger partial charge in [-0.05, 0) is 0 Å². The summed E-state index contributed by atoms with van der Waals surface area (Å²) in [5, 5.41) is 0. The fraction of sp³-hybridized carbons (Fsp3) is 0.556. The summed E-state index contributed by atoms with van der Waals surface area (Å²) in [6.45, 7) is 4.58. The predicted octanol–water partition coefficient (Wildman–Crippen LogP) is 5.88. The van der Waals surface area contributed by atoms with Crippen molar-refractivity contribution < 1.29 is 17.1 Å². The third kappa shape index (κ3) is 4.28. The molecule has 0 unspecified atom stereocenters. The Hall–Kier alpha value is -0.417. The fourth-order valence-electron chi connectivity index (χ4n) is 2.52. The van der Waals surface area contributed by atoms with Gasteiger partial charge in [-0.3, -0.25) is 0 Å². The van der Waals surface area contributed by atoms with Gasteiger partial charge in [-0.1, -0.05) is 0 Å². The van der Waals surface area contributed by atoms with Gasteiger partial charge in [-0.15, -0.1) is 0 Å². The third-order valence-corrected chi connectivity index (χ3v) is 6.59. The monoisotopic (exact) mass is 344 g/mol. The van der Waals surface area contributed by atoms with E-state index in [1.54, 1.807) is 19.5 Å². The summed E-state index contributed by atoms with van der Waals surface area (Å²) in [6, 6.07) is 0. The van der Waals surface area contributed by atoms with Crippen LogP contribution in [0, 0.1) is 0 Å². The average Bonchev–Trinajstić information content (AvgIpc) is 3.04. The zero-order valence-electron chi connectivity index (χ0n) is 12.3. The Morgan fingerprint density at radius 3 is 1.74 bits per heavy atom. The molecular formula is C18H26Ru. The average molecular weight is 343 g/mol. The van der Waals surface area contributed by atoms with Crippen molar-refractivity contribution in [2.75, 3.05) is 0 Å². The number of hydrogen-bond donors (Lipinski definition) is 0. The molecule has 2 aliphatic rings. The van der Waals surface area contributed by atoms with Crippen LogP contribution in [0.2, 0.25) is 0 Å². The maximum atomic E-state index is 2.40. The van der Waals surface area contributed by atoms with E-state index in [-0.39, 0.29) is 0 Å². The number of rotatable bonds is 8. The van der Waals surface area contributed by atoms with Gasteiger partial charge in [0.2, 0.25) is 0 Å². The van der Waals surface area contributed by atoms with Gasteiger partial charge in [-0.25, -0.2) is 0 Å². The number of allylic oxidation sites excluding steroid dienone is 8. The Kier molecular flexibility index (Phi) is 6.31. The molecule has 0 N–H and O–H groups in total. The summed E-state index contributed by atoms with van der Waals surface area (Å²) in [6.07, 6.45) is 20.0. The Morgan fingerprint density at radius 1 is 0.842 bits per heavy atom. The van der Waals surface area contributed by atoms with Crippen LogP contribution < -0.4 is 0 Å². The molecule has 0 saturated heterocycles. The van der Waals surface area contributed by atoms with E-state index < -0.39 is 0 Å². The van der Waals surface area contributed by atoms with Crippen LogP contribution in [0.25, 0.3) is 0 Å². The Balaban J connectivity index is 1.99. The van der Waals surface area contributed by atoms with Gasteiger partial charge in [0, 0.05) is 0 Å². The molecule has 0 amide bonds. The molecule has 2 aliphatic carbocycles. The second-order valence-electron chi connectivity index (χ2n) is 5.34. The maximum absolute atomic E-state index is 2.40. The molecule has 0 fully saturated rings. The van der Waals surface area contributed by atoms with Crippen LogP contribution in [-0.2, 0) is 17.1 Å². The fourth-order valence-corrected chi connectivity index (χ4v) is 5.20. The van der Waals surface area contributed by atoms with Crippen LogP contribution in [0.5, 0.6) is 0 Å². The van der Waals surface area contributed by atoms with Gasteiger partial charge in [0.25, 0.3) is 0 Å². The molecule has 0 aromatic carbocycles. The molecule has 0 spiro atoms. The first kappa shape index (κ1) is 15.0. The van der Waals surface area contributed by atoms with Crippen LogP contribution in [0.3, 0.4) is 0 Å². The van der Waals surface area contributed by atoms with Crippen molar-refractivity contribution in [3.8, 4) is 0 Å². The van der Waals surface area contributed by atoms with Crippen molar-refractivity contribution in [1.82, 2.24) is 0 Å². The molecule has 0 atom stereocenters. The van der Waals surface area contributed by atoms with Crippen LogP contribution in [0.4, 0.5) is 0 Å². The zero-order chi connectivity index (χ0) is 13.5. The van der Waals surface area contributed by atoms with Gasteiger partial charge >= 0.3 is 126 Å². The van der Waals surface area contributed by atoms with E-state index in [0.717, 1.165) is 0 Å². The van der Waals surface area contributed by atoms with E-state index in [2.05, 4.69) is 38.2 Å². The normalized spacial score (nSPS) is 18.4. The van der Waals surface area contributed by atoms with E-state index >= 15 is 0 Å². The first-order valence-corrected chi connectivity index (χ1v) is 9.48. The minimum atomic E-state index is 0.336. The molecule has 0 aliphatic heterocycles. The first-order valence-electron chi connectivity index (χ1n) is 7.74. The summed E-state index contributed by atoms with van der Waals surface area (Å²) in [4.78, 5) is 0. The molecule has 0 bridgehead atoms. The standard InChI is InChI=1S/2C9H13.Ru/c2*1-2-3-6-9-7-4-5-8-9;/h2*4,7H,2-3,5-6H2,1H3;. The van der Waals surface area contributed by atoms with E-state index in [4.69, 9.17) is 0 Å². The van der Waals surface area contributed by atoms with Gasteiger partial charge in [0.15, 0.2) is 0 Å². The molecule has 19 heavy (non-hydrogen) atoms. The van der Waals surface area contributed by atoms with Crippen molar-refractivity contribution in [3.05, 3.63) is 43.8 Å². The molecule has 0 nitrogen and oxygen atoms in total. The van der Waals surface area contributed by atoms with Crippen LogP contribution in [-0.4, -0.2) is 0 Å². The number of unbranched alkanes of at least 4 members (excludes halogenated alkanes) is 2. The van der Waals surface area contributed by atoms with Crippen molar-refractivity contribution in [3.63, 3.8) is 0 Å². The van der Waals surface area contributed by atoms with E-state index in [0.29, 0.717) is 17.1 Å². The molecule has 2 rings (SSSR count). The number of hydrogen-bond acceptors (Lipinski definition) is 0. The first-order chi connectivity index (χ1) is 9.35. The Morgan fingerprint density at radius 2 is 1.32 bits per heavy atom. The zero-order valence-corrected chi connectivity index (χ0v) is 14.1. The van der Waals surface area contributed by atoms with Crippen molar-refractivity contribution in [1.29, 1.82) is 0 Å².